The number of hydrogen-bond acceptors (Lipinski definition) is 5. The Hall–Kier alpha value is -2.79. The molecule has 0 aliphatic carbocycles. The number of halogens is 1. The van der Waals surface area contributed by atoms with Crippen LogP contribution in [0.5, 0.6) is 11.5 Å². The Morgan fingerprint density at radius 1 is 1.08 bits per heavy atom. The van der Waals surface area contributed by atoms with Gasteiger partial charge in [0.05, 0.1) is 31.1 Å². The fourth-order valence-electron chi connectivity index (χ4n) is 2.52. The Balaban J connectivity index is 1.92. The summed E-state index contributed by atoms with van der Waals surface area (Å²) in [5.74, 6) is 1.44. The molecule has 1 aromatic heterocycles. The van der Waals surface area contributed by atoms with Crippen molar-refractivity contribution in [3.63, 3.8) is 0 Å². The van der Waals surface area contributed by atoms with Gasteiger partial charge in [0, 0.05) is 28.2 Å². The van der Waals surface area contributed by atoms with Crippen LogP contribution in [0, 0.1) is 0 Å². The number of ether oxygens (including phenoxy) is 2. The molecule has 0 saturated heterocycles. The smallest absolute Gasteiger partial charge is 0.131 e. The zero-order chi connectivity index (χ0) is 17.8. The fraction of sp³-hybridized carbons (Fsp3) is 0.158. The quantitative estimate of drug-likeness (QED) is 0.530. The van der Waals surface area contributed by atoms with Gasteiger partial charge in [-0.25, -0.2) is 0 Å². The minimum absolute atomic E-state index is 0.653. The number of hydrogen-bond donors (Lipinski definition) is 1. The normalized spacial score (nSPS) is 11.4. The van der Waals surface area contributed by atoms with Gasteiger partial charge in [-0.1, -0.05) is 11.6 Å². The molecule has 0 aliphatic rings. The van der Waals surface area contributed by atoms with Gasteiger partial charge in [0.15, 0.2) is 0 Å². The summed E-state index contributed by atoms with van der Waals surface area (Å²) >= 11 is 6.02. The summed E-state index contributed by atoms with van der Waals surface area (Å²) in [5.41, 5.74) is 6.45. The van der Waals surface area contributed by atoms with Crippen LogP contribution in [0.1, 0.15) is 12.5 Å². The van der Waals surface area contributed by atoms with Crippen LogP contribution in [-0.4, -0.2) is 24.9 Å². The van der Waals surface area contributed by atoms with Crippen LogP contribution in [0.15, 0.2) is 53.8 Å². The third-order valence-electron chi connectivity index (χ3n) is 3.85. The second kappa shape index (κ2) is 7.40. The van der Waals surface area contributed by atoms with E-state index in [9.17, 15) is 0 Å². The van der Waals surface area contributed by atoms with Crippen LogP contribution < -0.4 is 14.9 Å². The highest BCUT2D eigenvalue weighted by molar-refractivity contribution is 6.31. The van der Waals surface area contributed by atoms with Gasteiger partial charge in [-0.15, -0.1) is 0 Å². The first kappa shape index (κ1) is 17.0. The van der Waals surface area contributed by atoms with E-state index in [1.165, 1.54) is 0 Å². The van der Waals surface area contributed by atoms with Crippen molar-refractivity contribution in [3.05, 3.63) is 59.2 Å². The summed E-state index contributed by atoms with van der Waals surface area (Å²) in [6.45, 7) is 1.91. The first-order valence-electron chi connectivity index (χ1n) is 7.69. The van der Waals surface area contributed by atoms with Gasteiger partial charge < -0.3 is 9.47 Å². The minimum atomic E-state index is 0.653. The average Bonchev–Trinajstić information content (AvgIpc) is 2.65. The molecule has 0 amide bonds. The van der Waals surface area contributed by atoms with Crippen molar-refractivity contribution in [2.24, 2.45) is 5.10 Å². The van der Waals surface area contributed by atoms with E-state index in [4.69, 9.17) is 21.1 Å². The highest BCUT2D eigenvalue weighted by Crippen LogP contribution is 2.27. The van der Waals surface area contributed by atoms with E-state index in [2.05, 4.69) is 15.5 Å². The summed E-state index contributed by atoms with van der Waals surface area (Å²) in [6, 6.07) is 13.1. The maximum absolute atomic E-state index is 6.02. The molecule has 0 spiro atoms. The number of aromatic nitrogens is 1. The SMILES string of the molecule is COc1ccc(C(C)=NNc2ccnc3cc(Cl)ccc23)c(OC)c1. The largest absolute Gasteiger partial charge is 0.497 e. The Morgan fingerprint density at radius 3 is 2.68 bits per heavy atom. The van der Waals surface area contributed by atoms with Gasteiger partial charge in [0.2, 0.25) is 0 Å². The first-order valence-corrected chi connectivity index (χ1v) is 8.07. The summed E-state index contributed by atoms with van der Waals surface area (Å²) in [7, 11) is 3.25. The number of methoxy groups -OCH3 is 2. The molecular weight excluding hydrogens is 338 g/mol. The molecule has 0 radical (unpaired) electrons. The molecule has 0 atom stereocenters. The molecule has 0 bridgehead atoms. The molecule has 3 rings (SSSR count). The molecule has 1 heterocycles. The number of anilines is 1. The lowest BCUT2D eigenvalue weighted by atomic mass is 10.1. The second-order valence-electron chi connectivity index (χ2n) is 5.40. The molecule has 2 aromatic carbocycles. The van der Waals surface area contributed by atoms with E-state index in [0.717, 1.165) is 33.6 Å². The molecule has 6 heteroatoms. The molecule has 1 N–H and O–H groups in total. The minimum Gasteiger partial charge on any atom is -0.497 e. The number of pyridine rings is 1. The monoisotopic (exact) mass is 355 g/mol. The van der Waals surface area contributed by atoms with E-state index >= 15 is 0 Å². The Morgan fingerprint density at radius 2 is 1.92 bits per heavy atom. The second-order valence-corrected chi connectivity index (χ2v) is 5.83. The van der Waals surface area contributed by atoms with Gasteiger partial charge in [-0.2, -0.15) is 5.10 Å². The maximum Gasteiger partial charge on any atom is 0.131 e. The van der Waals surface area contributed by atoms with E-state index < -0.39 is 0 Å². The molecule has 25 heavy (non-hydrogen) atoms. The fourth-order valence-corrected chi connectivity index (χ4v) is 2.69. The first-order chi connectivity index (χ1) is 12.1. The summed E-state index contributed by atoms with van der Waals surface area (Å²) in [5, 5.41) is 6.09. The zero-order valence-electron chi connectivity index (χ0n) is 14.2. The van der Waals surface area contributed by atoms with E-state index in [-0.39, 0.29) is 0 Å². The number of benzene rings is 2. The van der Waals surface area contributed by atoms with Crippen LogP contribution in [0.2, 0.25) is 5.02 Å². The van der Waals surface area contributed by atoms with Gasteiger partial charge >= 0.3 is 0 Å². The number of rotatable bonds is 5. The van der Waals surface area contributed by atoms with Crippen molar-refractivity contribution >= 4 is 33.9 Å². The topological polar surface area (TPSA) is 55.7 Å². The van der Waals surface area contributed by atoms with Crippen LogP contribution in [0.25, 0.3) is 10.9 Å². The van der Waals surface area contributed by atoms with Crippen LogP contribution >= 0.6 is 11.6 Å². The van der Waals surface area contributed by atoms with Crippen molar-refractivity contribution in [2.45, 2.75) is 6.92 Å². The van der Waals surface area contributed by atoms with Crippen LogP contribution in [0.3, 0.4) is 0 Å². The highest BCUT2D eigenvalue weighted by atomic mass is 35.5. The maximum atomic E-state index is 6.02. The summed E-state index contributed by atoms with van der Waals surface area (Å²) < 4.78 is 10.7. The van der Waals surface area contributed by atoms with E-state index in [0.29, 0.717) is 10.8 Å². The Bertz CT molecular complexity index is 941. The van der Waals surface area contributed by atoms with Gasteiger partial charge in [0.25, 0.3) is 0 Å². The lowest BCUT2D eigenvalue weighted by Gasteiger charge is -2.11. The van der Waals surface area contributed by atoms with Crippen LogP contribution in [-0.2, 0) is 0 Å². The summed E-state index contributed by atoms with van der Waals surface area (Å²) in [4.78, 5) is 4.33. The Kier molecular flexibility index (Phi) is 5.05. The number of hydrazone groups is 1. The number of fused-ring (bicyclic) bond motifs is 1. The number of nitrogens with one attached hydrogen (secondary N) is 1. The molecule has 128 valence electrons. The predicted octanol–water partition coefficient (Wildman–Crippen LogP) is 4.74. The molecule has 3 aromatic rings. The highest BCUT2D eigenvalue weighted by Gasteiger charge is 2.08. The lowest BCUT2D eigenvalue weighted by molar-refractivity contribution is 0.394. The van der Waals surface area contributed by atoms with E-state index in [1.807, 2.05) is 49.4 Å². The molecule has 0 unspecified atom stereocenters. The van der Waals surface area contributed by atoms with Gasteiger partial charge in [-0.05, 0) is 43.3 Å². The van der Waals surface area contributed by atoms with Crippen molar-refractivity contribution in [3.8, 4) is 11.5 Å². The van der Waals surface area contributed by atoms with Crippen LogP contribution in [0.4, 0.5) is 5.69 Å². The third-order valence-corrected chi connectivity index (χ3v) is 4.08. The van der Waals surface area contributed by atoms with Crippen molar-refractivity contribution in [2.75, 3.05) is 19.6 Å². The van der Waals surface area contributed by atoms with Gasteiger partial charge in [-0.3, -0.25) is 10.4 Å². The summed E-state index contributed by atoms with van der Waals surface area (Å²) in [6.07, 6.45) is 1.72. The molecule has 0 fully saturated rings. The third kappa shape index (κ3) is 3.67. The zero-order valence-corrected chi connectivity index (χ0v) is 15.0. The molecule has 0 saturated carbocycles. The molecule has 0 aliphatic heterocycles. The van der Waals surface area contributed by atoms with Crippen molar-refractivity contribution < 1.29 is 9.47 Å². The standard InChI is InChI=1S/C19H18ClN3O2/c1-12(15-7-5-14(24-2)11-19(15)25-3)22-23-17-8-9-21-18-10-13(20)4-6-16(17)18/h4-11H,1-3H3,(H,21,23). The molecular formula is C19H18ClN3O2. The van der Waals surface area contributed by atoms with Crippen molar-refractivity contribution in [1.82, 2.24) is 4.98 Å². The van der Waals surface area contributed by atoms with E-state index in [1.54, 1.807) is 20.4 Å². The van der Waals surface area contributed by atoms with Crippen molar-refractivity contribution in [1.29, 1.82) is 0 Å². The Labute approximate surface area is 151 Å². The molecule has 5 nitrogen and oxygen atoms in total. The predicted molar refractivity (Wildman–Crippen MR) is 102 cm³/mol. The average molecular weight is 356 g/mol. The van der Waals surface area contributed by atoms with Gasteiger partial charge in [0.1, 0.15) is 11.5 Å². The number of nitrogens with zero attached hydrogens (tertiary/aromatic N) is 2. The lowest BCUT2D eigenvalue weighted by Crippen LogP contribution is -2.03.